The molecule has 2 rings (SSSR count). The fourth-order valence-electron chi connectivity index (χ4n) is 2.44. The van der Waals surface area contributed by atoms with Gasteiger partial charge in [-0.1, -0.05) is 6.08 Å². The smallest absolute Gasteiger partial charge is 0.306 e. The van der Waals surface area contributed by atoms with Crippen LogP contribution in [0, 0.1) is 20.8 Å². The van der Waals surface area contributed by atoms with E-state index in [0.29, 0.717) is 35.1 Å². The summed E-state index contributed by atoms with van der Waals surface area (Å²) in [5.74, 6) is 0.136. The van der Waals surface area contributed by atoms with Gasteiger partial charge in [-0.3, -0.25) is 4.79 Å². The molecule has 20 heavy (non-hydrogen) atoms. The van der Waals surface area contributed by atoms with Crippen LogP contribution >= 0.6 is 0 Å². The van der Waals surface area contributed by atoms with E-state index in [-0.39, 0.29) is 17.5 Å². The van der Waals surface area contributed by atoms with Crippen molar-refractivity contribution in [1.82, 2.24) is 0 Å². The van der Waals surface area contributed by atoms with Gasteiger partial charge in [0.05, 0.1) is 0 Å². The number of phenols is 2. The van der Waals surface area contributed by atoms with Gasteiger partial charge in [0, 0.05) is 24.0 Å². The lowest BCUT2D eigenvalue weighted by molar-refractivity contribution is -0.144. The number of cyclic esters (lactones) is 1. The van der Waals surface area contributed by atoms with Gasteiger partial charge in [-0.25, -0.2) is 0 Å². The molecule has 108 valence electrons. The third kappa shape index (κ3) is 2.38. The Kier molecular flexibility index (Phi) is 3.50. The second-order valence-electron chi connectivity index (χ2n) is 5.61. The molecule has 1 unspecified atom stereocenters. The second kappa shape index (κ2) is 4.85. The van der Waals surface area contributed by atoms with E-state index in [0.717, 1.165) is 0 Å². The van der Waals surface area contributed by atoms with Crippen molar-refractivity contribution in [2.45, 2.75) is 46.1 Å². The molecular formula is C16H20O4. The largest absolute Gasteiger partial charge is 0.507 e. The number of hydrogen-bond acceptors (Lipinski definition) is 4. The van der Waals surface area contributed by atoms with E-state index in [4.69, 9.17) is 4.74 Å². The Morgan fingerprint density at radius 3 is 2.25 bits per heavy atom. The SMILES string of the molecule is Cc1c(C)c(O)c(/C=C/C2(C)CCC(=O)O2)c(C)c1O. The Balaban J connectivity index is 2.42. The molecule has 0 amide bonds. The average molecular weight is 276 g/mol. The first kappa shape index (κ1) is 14.4. The van der Waals surface area contributed by atoms with Crippen LogP contribution < -0.4 is 0 Å². The van der Waals surface area contributed by atoms with Gasteiger partial charge < -0.3 is 14.9 Å². The summed E-state index contributed by atoms with van der Waals surface area (Å²) in [5.41, 5.74) is 1.88. The first-order chi connectivity index (χ1) is 9.25. The minimum Gasteiger partial charge on any atom is -0.507 e. The van der Waals surface area contributed by atoms with Crippen LogP contribution in [0.1, 0.15) is 42.0 Å². The maximum atomic E-state index is 11.2. The maximum absolute atomic E-state index is 11.2. The minimum atomic E-state index is -0.635. The van der Waals surface area contributed by atoms with Crippen LogP contribution in [0.15, 0.2) is 6.08 Å². The van der Waals surface area contributed by atoms with Gasteiger partial charge >= 0.3 is 5.97 Å². The molecule has 0 saturated carbocycles. The predicted octanol–water partition coefficient (Wildman–Crippen LogP) is 3.13. The fourth-order valence-corrected chi connectivity index (χ4v) is 2.44. The molecule has 0 aromatic heterocycles. The van der Waals surface area contributed by atoms with Crippen molar-refractivity contribution in [3.05, 3.63) is 28.3 Å². The van der Waals surface area contributed by atoms with E-state index < -0.39 is 5.60 Å². The third-order valence-corrected chi connectivity index (χ3v) is 4.06. The summed E-state index contributed by atoms with van der Waals surface area (Å²) in [5, 5.41) is 20.3. The Morgan fingerprint density at radius 2 is 1.70 bits per heavy atom. The van der Waals surface area contributed by atoms with Crippen LogP contribution in [0.3, 0.4) is 0 Å². The Morgan fingerprint density at radius 1 is 1.10 bits per heavy atom. The summed E-state index contributed by atoms with van der Waals surface area (Å²) in [4.78, 5) is 11.2. The molecule has 0 spiro atoms. The highest BCUT2D eigenvalue weighted by Gasteiger charge is 2.33. The zero-order valence-corrected chi connectivity index (χ0v) is 12.3. The molecule has 1 aromatic rings. The number of phenolic OH excluding ortho intramolecular Hbond substituents is 2. The van der Waals surface area contributed by atoms with Crippen molar-refractivity contribution in [3.8, 4) is 11.5 Å². The van der Waals surface area contributed by atoms with Crippen LogP contribution in [0.4, 0.5) is 0 Å². The standard InChI is InChI=1S/C16H20O4/c1-9-10(2)15(19)12(11(3)14(9)18)5-7-16(4)8-6-13(17)20-16/h5,7,18-19H,6,8H2,1-4H3/b7-5+. The monoisotopic (exact) mass is 276 g/mol. The molecule has 1 aliphatic rings. The van der Waals surface area contributed by atoms with Gasteiger partial charge in [0.15, 0.2) is 0 Å². The number of hydrogen-bond donors (Lipinski definition) is 2. The van der Waals surface area contributed by atoms with Gasteiger partial charge in [0.2, 0.25) is 0 Å². The number of carbonyl (C=O) groups is 1. The summed E-state index contributed by atoms with van der Waals surface area (Å²) < 4.78 is 5.26. The van der Waals surface area contributed by atoms with Gasteiger partial charge in [-0.15, -0.1) is 0 Å². The van der Waals surface area contributed by atoms with Crippen molar-refractivity contribution in [3.63, 3.8) is 0 Å². The number of benzene rings is 1. The van der Waals surface area contributed by atoms with Gasteiger partial charge in [0.25, 0.3) is 0 Å². The second-order valence-corrected chi connectivity index (χ2v) is 5.61. The summed E-state index contributed by atoms with van der Waals surface area (Å²) >= 11 is 0. The molecule has 1 heterocycles. The lowest BCUT2D eigenvalue weighted by atomic mass is 9.95. The predicted molar refractivity (Wildman–Crippen MR) is 76.7 cm³/mol. The third-order valence-electron chi connectivity index (χ3n) is 4.06. The topological polar surface area (TPSA) is 66.8 Å². The Labute approximate surface area is 118 Å². The van der Waals surface area contributed by atoms with Gasteiger partial charge in [-0.2, -0.15) is 0 Å². The van der Waals surface area contributed by atoms with E-state index in [2.05, 4.69) is 0 Å². The fraction of sp³-hybridized carbons (Fsp3) is 0.438. The molecule has 0 bridgehead atoms. The number of aromatic hydroxyl groups is 2. The molecule has 1 aliphatic heterocycles. The lowest BCUT2D eigenvalue weighted by Gasteiger charge is -2.18. The van der Waals surface area contributed by atoms with Crippen LogP contribution in [-0.2, 0) is 9.53 Å². The highest BCUT2D eigenvalue weighted by Crippen LogP contribution is 2.38. The van der Waals surface area contributed by atoms with Crippen molar-refractivity contribution in [2.75, 3.05) is 0 Å². The highest BCUT2D eigenvalue weighted by atomic mass is 16.6. The van der Waals surface area contributed by atoms with Crippen molar-refractivity contribution in [1.29, 1.82) is 0 Å². The van der Waals surface area contributed by atoms with Crippen molar-refractivity contribution >= 4 is 12.0 Å². The normalized spacial score (nSPS) is 22.5. The molecule has 4 heteroatoms. The summed E-state index contributed by atoms with van der Waals surface area (Å²) in [6.07, 6.45) is 4.52. The quantitative estimate of drug-likeness (QED) is 0.643. The van der Waals surface area contributed by atoms with Crippen LogP contribution in [0.5, 0.6) is 11.5 Å². The van der Waals surface area contributed by atoms with E-state index in [1.807, 2.05) is 6.92 Å². The number of esters is 1. The van der Waals surface area contributed by atoms with E-state index >= 15 is 0 Å². The first-order valence-corrected chi connectivity index (χ1v) is 6.68. The molecule has 1 fully saturated rings. The summed E-state index contributed by atoms with van der Waals surface area (Å²) in [6.45, 7) is 7.12. The van der Waals surface area contributed by atoms with E-state index in [1.165, 1.54) is 0 Å². The lowest BCUT2D eigenvalue weighted by Crippen LogP contribution is -2.20. The molecule has 1 atom stereocenters. The first-order valence-electron chi connectivity index (χ1n) is 6.68. The Hall–Kier alpha value is -1.97. The van der Waals surface area contributed by atoms with Crippen molar-refractivity contribution in [2.24, 2.45) is 0 Å². The molecule has 2 N–H and O–H groups in total. The number of carbonyl (C=O) groups excluding carboxylic acids is 1. The zero-order chi connectivity index (χ0) is 15.1. The van der Waals surface area contributed by atoms with Gasteiger partial charge in [0.1, 0.15) is 17.1 Å². The maximum Gasteiger partial charge on any atom is 0.306 e. The molecule has 0 radical (unpaired) electrons. The number of rotatable bonds is 2. The molecule has 4 nitrogen and oxygen atoms in total. The summed E-state index contributed by atoms with van der Waals surface area (Å²) in [6, 6.07) is 0. The van der Waals surface area contributed by atoms with Crippen LogP contribution in [0.2, 0.25) is 0 Å². The molecule has 1 saturated heterocycles. The van der Waals surface area contributed by atoms with Crippen LogP contribution in [0.25, 0.3) is 6.08 Å². The van der Waals surface area contributed by atoms with Gasteiger partial charge in [-0.05, 0) is 44.9 Å². The van der Waals surface area contributed by atoms with Crippen molar-refractivity contribution < 1.29 is 19.7 Å². The zero-order valence-electron chi connectivity index (χ0n) is 12.3. The minimum absolute atomic E-state index is 0.155. The van der Waals surface area contributed by atoms with E-state index in [1.54, 1.807) is 32.9 Å². The molecule has 0 aliphatic carbocycles. The van der Waals surface area contributed by atoms with E-state index in [9.17, 15) is 15.0 Å². The highest BCUT2D eigenvalue weighted by molar-refractivity contribution is 5.74. The average Bonchev–Trinajstić information content (AvgIpc) is 2.74. The van der Waals surface area contributed by atoms with Crippen LogP contribution in [-0.4, -0.2) is 21.8 Å². The molecular weight excluding hydrogens is 256 g/mol. The Bertz CT molecular complexity index is 572. The summed E-state index contributed by atoms with van der Waals surface area (Å²) in [7, 11) is 0. The molecule has 1 aromatic carbocycles. The number of ether oxygens (including phenoxy) is 1.